The van der Waals surface area contributed by atoms with Gasteiger partial charge in [0.05, 0.1) is 6.04 Å². The summed E-state index contributed by atoms with van der Waals surface area (Å²) >= 11 is 0. The summed E-state index contributed by atoms with van der Waals surface area (Å²) in [6.45, 7) is 0.780. The lowest BCUT2D eigenvalue weighted by Gasteiger charge is -2.29. The second-order valence-electron chi connectivity index (χ2n) is 6.83. The van der Waals surface area contributed by atoms with Crippen LogP contribution in [0.15, 0.2) is 79.0 Å². The first kappa shape index (κ1) is 17.3. The van der Waals surface area contributed by atoms with Crippen LogP contribution < -0.4 is 4.90 Å². The number of benzene rings is 2. The average Bonchev–Trinajstić information content (AvgIpc) is 3.23. The largest absolute Gasteiger partial charge is 0.331 e. The Morgan fingerprint density at radius 2 is 1.70 bits per heavy atom. The second kappa shape index (κ2) is 7.62. The Labute approximate surface area is 160 Å². The Kier molecular flexibility index (Phi) is 4.88. The Bertz CT molecular complexity index is 911. The molecule has 27 heavy (non-hydrogen) atoms. The summed E-state index contributed by atoms with van der Waals surface area (Å²) in [4.78, 5) is 21.8. The third kappa shape index (κ3) is 3.43. The molecule has 0 aliphatic carbocycles. The van der Waals surface area contributed by atoms with E-state index in [1.54, 1.807) is 0 Å². The van der Waals surface area contributed by atoms with Crippen molar-refractivity contribution in [3.63, 3.8) is 0 Å². The molecule has 0 bridgehead atoms. The smallest absolute Gasteiger partial charge is 0.254 e. The number of para-hydroxylation sites is 1. The number of hydrogen-bond acceptors (Lipinski definition) is 3. The lowest BCUT2D eigenvalue weighted by atomic mass is 10.0. The van der Waals surface area contributed by atoms with E-state index in [1.165, 1.54) is 0 Å². The molecule has 2 heterocycles. The van der Waals surface area contributed by atoms with Gasteiger partial charge in [-0.15, -0.1) is 0 Å². The molecule has 3 aromatic rings. The van der Waals surface area contributed by atoms with Gasteiger partial charge in [-0.2, -0.15) is 0 Å². The number of rotatable bonds is 4. The van der Waals surface area contributed by atoms with Crippen LogP contribution in [0.1, 0.15) is 34.8 Å². The summed E-state index contributed by atoms with van der Waals surface area (Å²) in [7, 11) is 2.03. The molecule has 1 aromatic heterocycles. The molecule has 1 aliphatic heterocycles. The molecular formula is C23H23N3O. The molecule has 1 aliphatic rings. The number of nitrogens with zero attached hydrogens (tertiary/aromatic N) is 3. The van der Waals surface area contributed by atoms with E-state index >= 15 is 0 Å². The quantitative estimate of drug-likeness (QED) is 0.671. The van der Waals surface area contributed by atoms with Gasteiger partial charge in [0, 0.05) is 36.6 Å². The zero-order valence-corrected chi connectivity index (χ0v) is 15.5. The van der Waals surface area contributed by atoms with Gasteiger partial charge in [0.25, 0.3) is 5.91 Å². The molecule has 1 saturated heterocycles. The van der Waals surface area contributed by atoms with Crippen molar-refractivity contribution >= 4 is 17.4 Å². The van der Waals surface area contributed by atoms with Gasteiger partial charge < -0.3 is 9.80 Å². The third-order valence-corrected chi connectivity index (χ3v) is 5.17. The minimum atomic E-state index is 0.0487. The molecule has 0 saturated carbocycles. The lowest BCUT2D eigenvalue weighted by Crippen LogP contribution is -2.31. The molecule has 1 unspecified atom stereocenters. The molecule has 4 heteroatoms. The van der Waals surface area contributed by atoms with Crippen molar-refractivity contribution in [3.8, 4) is 0 Å². The maximum absolute atomic E-state index is 13.1. The fraction of sp³-hybridized carbons (Fsp3) is 0.217. The molecule has 136 valence electrons. The van der Waals surface area contributed by atoms with Crippen molar-refractivity contribution in [3.05, 3.63) is 90.1 Å². The van der Waals surface area contributed by atoms with Crippen LogP contribution in [0.4, 0.5) is 11.5 Å². The Hall–Kier alpha value is -3.14. The van der Waals surface area contributed by atoms with Crippen molar-refractivity contribution in [1.29, 1.82) is 0 Å². The molecule has 1 amide bonds. The second-order valence-corrected chi connectivity index (χ2v) is 6.83. The van der Waals surface area contributed by atoms with Crippen LogP contribution >= 0.6 is 0 Å². The van der Waals surface area contributed by atoms with Crippen molar-refractivity contribution in [2.75, 3.05) is 18.5 Å². The van der Waals surface area contributed by atoms with Crippen LogP contribution in [0.25, 0.3) is 0 Å². The van der Waals surface area contributed by atoms with Gasteiger partial charge in [-0.05, 0) is 43.2 Å². The van der Waals surface area contributed by atoms with Crippen molar-refractivity contribution in [1.82, 2.24) is 9.88 Å². The van der Waals surface area contributed by atoms with Gasteiger partial charge in [-0.3, -0.25) is 4.79 Å². The first-order valence-corrected chi connectivity index (χ1v) is 9.35. The summed E-state index contributed by atoms with van der Waals surface area (Å²) in [6.07, 6.45) is 3.78. The van der Waals surface area contributed by atoms with Crippen LogP contribution in [-0.4, -0.2) is 29.4 Å². The first-order chi connectivity index (χ1) is 13.3. The number of likely N-dealkylation sites (tertiary alicyclic amines) is 1. The summed E-state index contributed by atoms with van der Waals surface area (Å²) < 4.78 is 0. The maximum atomic E-state index is 13.1. The highest BCUT2D eigenvalue weighted by Crippen LogP contribution is 2.38. The van der Waals surface area contributed by atoms with Crippen LogP contribution in [0, 0.1) is 0 Å². The number of hydrogen-bond donors (Lipinski definition) is 0. The molecule has 2 aromatic carbocycles. The summed E-state index contributed by atoms with van der Waals surface area (Å²) in [6, 6.07) is 23.8. The van der Waals surface area contributed by atoms with Crippen LogP contribution in [0.5, 0.6) is 0 Å². The maximum Gasteiger partial charge on any atom is 0.254 e. The highest BCUT2D eigenvalue weighted by molar-refractivity contribution is 5.94. The molecular weight excluding hydrogens is 334 g/mol. The van der Waals surface area contributed by atoms with E-state index in [2.05, 4.69) is 28.1 Å². The fourth-order valence-corrected chi connectivity index (χ4v) is 3.80. The minimum Gasteiger partial charge on any atom is -0.331 e. The Morgan fingerprint density at radius 3 is 2.44 bits per heavy atom. The Balaban J connectivity index is 1.68. The van der Waals surface area contributed by atoms with Gasteiger partial charge in [-0.25, -0.2) is 4.98 Å². The summed E-state index contributed by atoms with van der Waals surface area (Å²) in [5.41, 5.74) is 2.92. The number of anilines is 2. The number of carbonyl (C=O) groups is 1. The number of aromatic nitrogens is 1. The van der Waals surface area contributed by atoms with Gasteiger partial charge in [-0.1, -0.05) is 42.5 Å². The number of amides is 1. The minimum absolute atomic E-state index is 0.0487. The number of carbonyl (C=O) groups excluding carboxylic acids is 1. The standard InChI is InChI=1S/C23H23N3O/c1-25(19-12-6-3-7-13-19)22-20(14-8-16-24-22)21-15-9-17-26(21)23(27)18-10-4-2-5-11-18/h2-8,10-14,16,21H,9,15,17H2,1H3. The van der Waals surface area contributed by atoms with E-state index in [0.717, 1.165) is 42.0 Å². The number of pyridine rings is 1. The Morgan fingerprint density at radius 1 is 1.00 bits per heavy atom. The van der Waals surface area contributed by atoms with Gasteiger partial charge in [0.2, 0.25) is 0 Å². The zero-order valence-electron chi connectivity index (χ0n) is 15.5. The fourth-order valence-electron chi connectivity index (χ4n) is 3.80. The van der Waals surface area contributed by atoms with Crippen molar-refractivity contribution in [2.45, 2.75) is 18.9 Å². The van der Waals surface area contributed by atoms with E-state index < -0.39 is 0 Å². The van der Waals surface area contributed by atoms with E-state index in [4.69, 9.17) is 0 Å². The predicted octanol–water partition coefficient (Wildman–Crippen LogP) is 4.83. The average molecular weight is 357 g/mol. The van der Waals surface area contributed by atoms with E-state index in [0.29, 0.717) is 0 Å². The van der Waals surface area contributed by atoms with Gasteiger partial charge in [0.15, 0.2) is 0 Å². The lowest BCUT2D eigenvalue weighted by molar-refractivity contribution is 0.0736. The van der Waals surface area contributed by atoms with Crippen LogP contribution in [-0.2, 0) is 0 Å². The monoisotopic (exact) mass is 357 g/mol. The molecule has 0 spiro atoms. The first-order valence-electron chi connectivity index (χ1n) is 9.35. The molecule has 0 radical (unpaired) electrons. The zero-order chi connectivity index (χ0) is 18.6. The highest BCUT2D eigenvalue weighted by Gasteiger charge is 2.33. The molecule has 4 rings (SSSR count). The van der Waals surface area contributed by atoms with Gasteiger partial charge in [0.1, 0.15) is 5.82 Å². The third-order valence-electron chi connectivity index (χ3n) is 5.17. The topological polar surface area (TPSA) is 36.4 Å². The molecule has 0 N–H and O–H groups in total. The summed E-state index contributed by atoms with van der Waals surface area (Å²) in [5, 5.41) is 0. The normalized spacial score (nSPS) is 16.3. The summed E-state index contributed by atoms with van der Waals surface area (Å²) in [5.74, 6) is 0.997. The SMILES string of the molecule is CN(c1ccccc1)c1ncccc1C1CCCN1C(=O)c1ccccc1. The van der Waals surface area contributed by atoms with Crippen LogP contribution in [0.3, 0.4) is 0 Å². The van der Waals surface area contributed by atoms with Crippen LogP contribution in [0.2, 0.25) is 0 Å². The van der Waals surface area contributed by atoms with Gasteiger partial charge >= 0.3 is 0 Å². The van der Waals surface area contributed by atoms with Crippen molar-refractivity contribution < 1.29 is 4.79 Å². The molecule has 4 nitrogen and oxygen atoms in total. The molecule has 1 fully saturated rings. The van der Waals surface area contributed by atoms with Crippen molar-refractivity contribution in [2.24, 2.45) is 0 Å². The molecule has 1 atom stereocenters. The van der Waals surface area contributed by atoms with E-state index in [9.17, 15) is 4.79 Å². The van der Waals surface area contributed by atoms with E-state index in [-0.39, 0.29) is 11.9 Å². The predicted molar refractivity (Wildman–Crippen MR) is 108 cm³/mol. The van der Waals surface area contributed by atoms with E-state index in [1.807, 2.05) is 72.7 Å². The highest BCUT2D eigenvalue weighted by atomic mass is 16.2.